The SMILES string of the molecule is COCC(C)NC(=O)N[C@H](CO)C(=O)O. The van der Waals surface area contributed by atoms with Crippen molar-refractivity contribution in [1.29, 1.82) is 0 Å². The molecule has 0 fully saturated rings. The summed E-state index contributed by atoms with van der Waals surface area (Å²) in [6, 6.07) is -2.18. The van der Waals surface area contributed by atoms with Gasteiger partial charge in [0, 0.05) is 7.11 Å². The van der Waals surface area contributed by atoms with Crippen molar-refractivity contribution in [2.45, 2.75) is 19.0 Å². The van der Waals surface area contributed by atoms with Gasteiger partial charge >= 0.3 is 12.0 Å². The van der Waals surface area contributed by atoms with E-state index in [1.165, 1.54) is 7.11 Å². The van der Waals surface area contributed by atoms with Gasteiger partial charge in [0.2, 0.25) is 0 Å². The van der Waals surface area contributed by atoms with Crippen molar-refractivity contribution >= 4 is 12.0 Å². The fourth-order valence-electron chi connectivity index (χ4n) is 0.901. The zero-order valence-electron chi connectivity index (χ0n) is 8.69. The van der Waals surface area contributed by atoms with Crippen LogP contribution in [0.3, 0.4) is 0 Å². The molecule has 15 heavy (non-hydrogen) atoms. The molecule has 1 unspecified atom stereocenters. The lowest BCUT2D eigenvalue weighted by atomic mass is 10.3. The zero-order valence-corrected chi connectivity index (χ0v) is 8.69. The number of methoxy groups -OCH3 is 1. The number of nitrogens with one attached hydrogen (secondary N) is 2. The summed E-state index contributed by atoms with van der Waals surface area (Å²) in [4.78, 5) is 21.6. The number of amides is 2. The highest BCUT2D eigenvalue weighted by Crippen LogP contribution is 1.85. The minimum absolute atomic E-state index is 0.233. The summed E-state index contributed by atoms with van der Waals surface area (Å²) in [6.07, 6.45) is 0. The molecule has 0 saturated carbocycles. The summed E-state index contributed by atoms with van der Waals surface area (Å²) in [5.74, 6) is -1.29. The summed E-state index contributed by atoms with van der Waals surface area (Å²) in [5.41, 5.74) is 0. The molecule has 0 radical (unpaired) electrons. The van der Waals surface area contributed by atoms with Crippen molar-refractivity contribution in [1.82, 2.24) is 10.6 Å². The lowest BCUT2D eigenvalue weighted by molar-refractivity contribution is -0.140. The Morgan fingerprint density at radius 1 is 1.40 bits per heavy atom. The average molecular weight is 220 g/mol. The number of ether oxygens (including phenoxy) is 1. The van der Waals surface area contributed by atoms with Gasteiger partial charge in [0.25, 0.3) is 0 Å². The van der Waals surface area contributed by atoms with Crippen molar-refractivity contribution in [2.24, 2.45) is 0 Å². The first-order chi connectivity index (χ1) is 7.01. The molecule has 2 amide bonds. The number of carboxylic acid groups (broad SMARTS) is 1. The van der Waals surface area contributed by atoms with E-state index >= 15 is 0 Å². The Hall–Kier alpha value is -1.34. The molecular weight excluding hydrogens is 204 g/mol. The van der Waals surface area contributed by atoms with E-state index in [4.69, 9.17) is 14.9 Å². The predicted octanol–water partition coefficient (Wildman–Crippen LogP) is -1.23. The minimum atomic E-state index is -1.29. The van der Waals surface area contributed by atoms with E-state index in [0.29, 0.717) is 6.61 Å². The smallest absolute Gasteiger partial charge is 0.328 e. The van der Waals surface area contributed by atoms with Gasteiger partial charge in [-0.15, -0.1) is 0 Å². The van der Waals surface area contributed by atoms with Crippen molar-refractivity contribution in [3.05, 3.63) is 0 Å². The Bertz CT molecular complexity index is 221. The largest absolute Gasteiger partial charge is 0.480 e. The minimum Gasteiger partial charge on any atom is -0.480 e. The van der Waals surface area contributed by atoms with Gasteiger partial charge in [-0.1, -0.05) is 0 Å². The lowest BCUT2D eigenvalue weighted by Crippen LogP contribution is -2.50. The van der Waals surface area contributed by atoms with E-state index in [2.05, 4.69) is 10.6 Å². The number of hydrogen-bond acceptors (Lipinski definition) is 4. The van der Waals surface area contributed by atoms with Gasteiger partial charge in [-0.3, -0.25) is 0 Å². The van der Waals surface area contributed by atoms with Gasteiger partial charge in [-0.25, -0.2) is 9.59 Å². The van der Waals surface area contributed by atoms with Crippen LogP contribution in [-0.4, -0.2) is 54.6 Å². The number of aliphatic hydroxyl groups excluding tert-OH is 1. The number of carboxylic acids is 1. The van der Waals surface area contributed by atoms with Crippen molar-refractivity contribution in [3.8, 4) is 0 Å². The Labute approximate surface area is 87.4 Å². The van der Waals surface area contributed by atoms with E-state index in [-0.39, 0.29) is 6.04 Å². The highest BCUT2D eigenvalue weighted by atomic mass is 16.5. The second-order valence-corrected chi connectivity index (χ2v) is 3.05. The van der Waals surface area contributed by atoms with Crippen LogP contribution in [0.1, 0.15) is 6.92 Å². The van der Waals surface area contributed by atoms with Crippen molar-refractivity contribution in [2.75, 3.05) is 20.3 Å². The third kappa shape index (κ3) is 5.87. The third-order valence-electron chi connectivity index (χ3n) is 1.58. The molecule has 0 aliphatic carbocycles. The normalized spacial score (nSPS) is 14.1. The van der Waals surface area contributed by atoms with Crippen LogP contribution in [0.4, 0.5) is 4.79 Å². The maximum absolute atomic E-state index is 11.1. The van der Waals surface area contributed by atoms with Gasteiger partial charge in [0.1, 0.15) is 0 Å². The van der Waals surface area contributed by atoms with E-state index in [0.717, 1.165) is 0 Å². The lowest BCUT2D eigenvalue weighted by Gasteiger charge is -2.16. The van der Waals surface area contributed by atoms with E-state index in [1.54, 1.807) is 6.92 Å². The van der Waals surface area contributed by atoms with Crippen LogP contribution in [0, 0.1) is 0 Å². The van der Waals surface area contributed by atoms with E-state index in [9.17, 15) is 9.59 Å². The molecule has 0 aliphatic heterocycles. The molecule has 0 heterocycles. The highest BCUT2D eigenvalue weighted by Gasteiger charge is 2.19. The highest BCUT2D eigenvalue weighted by molar-refractivity contribution is 5.82. The first-order valence-electron chi connectivity index (χ1n) is 4.40. The third-order valence-corrected chi connectivity index (χ3v) is 1.58. The van der Waals surface area contributed by atoms with Gasteiger partial charge in [-0.05, 0) is 6.92 Å². The number of aliphatic carboxylic acids is 1. The Morgan fingerprint density at radius 2 is 2.00 bits per heavy atom. The Morgan fingerprint density at radius 3 is 2.40 bits per heavy atom. The van der Waals surface area contributed by atoms with Crippen molar-refractivity contribution < 1.29 is 24.5 Å². The number of carbonyl (C=O) groups excluding carboxylic acids is 1. The van der Waals surface area contributed by atoms with E-state index in [1.807, 2.05) is 0 Å². The van der Waals surface area contributed by atoms with Crippen LogP contribution in [0.5, 0.6) is 0 Å². The van der Waals surface area contributed by atoms with Crippen LogP contribution in [0.2, 0.25) is 0 Å². The van der Waals surface area contributed by atoms with Crippen molar-refractivity contribution in [3.63, 3.8) is 0 Å². The maximum Gasteiger partial charge on any atom is 0.328 e. The quantitative estimate of drug-likeness (QED) is 0.448. The molecule has 0 bridgehead atoms. The van der Waals surface area contributed by atoms with Gasteiger partial charge < -0.3 is 25.6 Å². The number of rotatable bonds is 6. The number of carbonyl (C=O) groups is 2. The Balaban J connectivity index is 3.96. The summed E-state index contributed by atoms with van der Waals surface area (Å²) in [5, 5.41) is 21.7. The average Bonchev–Trinajstić information content (AvgIpc) is 2.13. The van der Waals surface area contributed by atoms with Gasteiger partial charge in [-0.2, -0.15) is 0 Å². The second-order valence-electron chi connectivity index (χ2n) is 3.05. The fraction of sp³-hybridized carbons (Fsp3) is 0.750. The summed E-state index contributed by atoms with van der Waals surface area (Å²) in [6.45, 7) is 1.38. The molecule has 0 aromatic rings. The van der Waals surface area contributed by atoms with Crippen LogP contribution >= 0.6 is 0 Å². The van der Waals surface area contributed by atoms with Crippen LogP contribution in [0.15, 0.2) is 0 Å². The summed E-state index contributed by atoms with van der Waals surface area (Å²) >= 11 is 0. The standard InChI is InChI=1S/C8H16N2O5/c1-5(4-15-2)9-8(14)10-6(3-11)7(12)13/h5-6,11H,3-4H2,1-2H3,(H,12,13)(H2,9,10,14)/t5?,6-/m1/s1. The molecule has 7 nitrogen and oxygen atoms in total. The molecule has 0 aromatic heterocycles. The first-order valence-corrected chi connectivity index (χ1v) is 4.40. The molecule has 2 atom stereocenters. The molecule has 7 heteroatoms. The molecule has 4 N–H and O–H groups in total. The molecule has 0 spiro atoms. The zero-order chi connectivity index (χ0) is 11.8. The topological polar surface area (TPSA) is 108 Å². The molecule has 0 rings (SSSR count). The van der Waals surface area contributed by atoms with Crippen LogP contribution in [-0.2, 0) is 9.53 Å². The molecule has 88 valence electrons. The van der Waals surface area contributed by atoms with E-state index < -0.39 is 24.6 Å². The molecule has 0 aromatic carbocycles. The molecule has 0 aliphatic rings. The van der Waals surface area contributed by atoms with Crippen LogP contribution < -0.4 is 10.6 Å². The molecular formula is C8H16N2O5. The number of hydrogen-bond donors (Lipinski definition) is 4. The number of aliphatic hydroxyl groups is 1. The van der Waals surface area contributed by atoms with Gasteiger partial charge in [0.15, 0.2) is 6.04 Å². The predicted molar refractivity (Wildman–Crippen MR) is 51.5 cm³/mol. The first kappa shape index (κ1) is 13.7. The maximum atomic E-state index is 11.1. The van der Waals surface area contributed by atoms with Gasteiger partial charge in [0.05, 0.1) is 19.3 Å². The van der Waals surface area contributed by atoms with Crippen LogP contribution in [0.25, 0.3) is 0 Å². The second kappa shape index (κ2) is 7.02. The monoisotopic (exact) mass is 220 g/mol. The molecule has 0 saturated heterocycles. The fourth-order valence-corrected chi connectivity index (χ4v) is 0.901. The Kier molecular flexibility index (Phi) is 6.39. The summed E-state index contributed by atoms with van der Waals surface area (Å²) in [7, 11) is 1.49. The summed E-state index contributed by atoms with van der Waals surface area (Å²) < 4.78 is 4.78. The number of urea groups is 1.